The summed E-state index contributed by atoms with van der Waals surface area (Å²) < 4.78 is 0.922. The fraction of sp³-hybridized carbons (Fsp3) is 0.429. The van der Waals surface area contributed by atoms with Gasteiger partial charge in [-0.15, -0.1) is 22.7 Å². The molecule has 96 valence electrons. The van der Waals surface area contributed by atoms with Crippen LogP contribution in [0.25, 0.3) is 0 Å². The van der Waals surface area contributed by atoms with Crippen molar-refractivity contribution in [2.45, 2.75) is 38.8 Å². The van der Waals surface area contributed by atoms with Crippen molar-refractivity contribution in [2.75, 3.05) is 0 Å². The topological polar surface area (TPSA) is 12.0 Å². The molecule has 2 aromatic heterocycles. The molecule has 1 aliphatic rings. The molecule has 0 fully saturated rings. The quantitative estimate of drug-likeness (QED) is 0.830. The van der Waals surface area contributed by atoms with Crippen LogP contribution in [0, 0.1) is 6.92 Å². The average Bonchev–Trinajstić information content (AvgIpc) is 2.97. The van der Waals surface area contributed by atoms with E-state index in [-0.39, 0.29) is 0 Å². The maximum atomic E-state index is 6.09. The SMILES string of the molecule is Cc1ccc(C(C)NC2CCc3sc(Cl)cc32)s1. The lowest BCUT2D eigenvalue weighted by Gasteiger charge is -2.18. The summed E-state index contributed by atoms with van der Waals surface area (Å²) in [5.41, 5.74) is 1.42. The van der Waals surface area contributed by atoms with Crippen molar-refractivity contribution in [1.82, 2.24) is 5.32 Å². The third-order valence-corrected chi connectivity index (χ3v) is 6.01. The predicted octanol–water partition coefficient (Wildman–Crippen LogP) is 5.11. The summed E-state index contributed by atoms with van der Waals surface area (Å²) in [7, 11) is 0. The van der Waals surface area contributed by atoms with Crippen LogP contribution in [0.1, 0.15) is 45.6 Å². The number of aryl methyl sites for hydroxylation is 2. The second kappa shape index (κ2) is 4.97. The van der Waals surface area contributed by atoms with Crippen molar-refractivity contribution in [3.05, 3.63) is 42.7 Å². The molecule has 0 saturated heterocycles. The van der Waals surface area contributed by atoms with Crippen LogP contribution < -0.4 is 5.32 Å². The van der Waals surface area contributed by atoms with Gasteiger partial charge in [0.1, 0.15) is 0 Å². The van der Waals surface area contributed by atoms with E-state index in [2.05, 4.69) is 37.4 Å². The van der Waals surface area contributed by atoms with Crippen molar-refractivity contribution in [3.63, 3.8) is 0 Å². The Morgan fingerprint density at radius 2 is 2.22 bits per heavy atom. The minimum absolute atomic E-state index is 0.415. The van der Waals surface area contributed by atoms with Crippen LogP contribution in [0.3, 0.4) is 0 Å². The third-order valence-electron chi connectivity index (χ3n) is 3.49. The van der Waals surface area contributed by atoms with Gasteiger partial charge in [0, 0.05) is 26.7 Å². The number of hydrogen-bond donors (Lipinski definition) is 1. The lowest BCUT2D eigenvalue weighted by atomic mass is 10.1. The molecule has 0 aliphatic heterocycles. The highest BCUT2D eigenvalue weighted by Gasteiger charge is 2.26. The minimum Gasteiger partial charge on any atom is -0.303 e. The monoisotopic (exact) mass is 297 g/mol. The standard InChI is InChI=1S/C14H16ClNS2/c1-8-3-5-12(17-8)9(2)16-11-4-6-13-10(11)7-14(15)18-13/h3,5,7,9,11,16H,4,6H2,1-2H3. The van der Waals surface area contributed by atoms with Crippen LogP contribution in [0.15, 0.2) is 18.2 Å². The molecule has 0 amide bonds. The first-order chi connectivity index (χ1) is 8.63. The molecule has 0 bridgehead atoms. The molecule has 0 aromatic carbocycles. The predicted molar refractivity (Wildman–Crippen MR) is 81.0 cm³/mol. The largest absolute Gasteiger partial charge is 0.303 e. The summed E-state index contributed by atoms with van der Waals surface area (Å²) in [5.74, 6) is 0. The van der Waals surface area contributed by atoms with Gasteiger partial charge in [-0.1, -0.05) is 11.6 Å². The first-order valence-electron chi connectivity index (χ1n) is 6.24. The summed E-state index contributed by atoms with van der Waals surface area (Å²) in [4.78, 5) is 4.26. The summed E-state index contributed by atoms with van der Waals surface area (Å²) in [6.45, 7) is 4.41. The van der Waals surface area contributed by atoms with Crippen LogP contribution >= 0.6 is 34.3 Å². The molecule has 0 saturated carbocycles. The number of fused-ring (bicyclic) bond motifs is 1. The van der Waals surface area contributed by atoms with Crippen molar-refractivity contribution in [2.24, 2.45) is 0 Å². The van der Waals surface area contributed by atoms with E-state index in [1.54, 1.807) is 11.3 Å². The fourth-order valence-corrected chi connectivity index (χ4v) is 4.82. The second-order valence-corrected chi connectivity index (χ2v) is 7.94. The first kappa shape index (κ1) is 12.7. The normalized spacial score (nSPS) is 20.1. The van der Waals surface area contributed by atoms with E-state index < -0.39 is 0 Å². The summed E-state index contributed by atoms with van der Waals surface area (Å²) >= 11 is 9.71. The Morgan fingerprint density at radius 1 is 1.39 bits per heavy atom. The number of halogens is 1. The van der Waals surface area contributed by atoms with Gasteiger partial charge in [0.15, 0.2) is 0 Å². The lowest BCUT2D eigenvalue weighted by Crippen LogP contribution is -2.22. The zero-order valence-corrected chi connectivity index (χ0v) is 12.9. The second-order valence-electron chi connectivity index (χ2n) is 4.86. The van der Waals surface area contributed by atoms with Crippen molar-refractivity contribution in [3.8, 4) is 0 Å². The maximum absolute atomic E-state index is 6.09. The van der Waals surface area contributed by atoms with Gasteiger partial charge in [0.2, 0.25) is 0 Å². The van der Waals surface area contributed by atoms with Gasteiger partial charge >= 0.3 is 0 Å². The van der Waals surface area contributed by atoms with Crippen LogP contribution in [-0.2, 0) is 6.42 Å². The molecule has 1 N–H and O–H groups in total. The highest BCUT2D eigenvalue weighted by atomic mass is 35.5. The molecule has 3 rings (SSSR count). The van der Waals surface area contributed by atoms with Gasteiger partial charge in [-0.05, 0) is 50.5 Å². The Balaban J connectivity index is 1.74. The van der Waals surface area contributed by atoms with Gasteiger partial charge in [-0.3, -0.25) is 0 Å². The summed E-state index contributed by atoms with van der Waals surface area (Å²) in [6, 6.07) is 7.45. The third kappa shape index (κ3) is 2.37. The molecular weight excluding hydrogens is 282 g/mol. The first-order valence-corrected chi connectivity index (χ1v) is 8.25. The zero-order chi connectivity index (χ0) is 12.7. The van der Waals surface area contributed by atoms with E-state index in [0.29, 0.717) is 12.1 Å². The van der Waals surface area contributed by atoms with E-state index in [9.17, 15) is 0 Å². The van der Waals surface area contributed by atoms with Crippen molar-refractivity contribution >= 4 is 34.3 Å². The molecule has 0 spiro atoms. The van der Waals surface area contributed by atoms with E-state index in [0.717, 1.165) is 4.34 Å². The molecule has 2 atom stereocenters. The Kier molecular flexibility index (Phi) is 3.50. The van der Waals surface area contributed by atoms with Crippen LogP contribution in [0.5, 0.6) is 0 Å². The highest BCUT2D eigenvalue weighted by Crippen LogP contribution is 2.40. The van der Waals surface area contributed by atoms with E-state index in [1.807, 2.05) is 11.3 Å². The number of thiophene rings is 2. The Labute approximate surface area is 121 Å². The molecule has 2 heterocycles. The minimum atomic E-state index is 0.415. The number of nitrogens with one attached hydrogen (secondary N) is 1. The number of hydrogen-bond acceptors (Lipinski definition) is 3. The van der Waals surface area contributed by atoms with Crippen LogP contribution in [0.4, 0.5) is 0 Å². The van der Waals surface area contributed by atoms with Crippen molar-refractivity contribution < 1.29 is 0 Å². The van der Waals surface area contributed by atoms with E-state index in [4.69, 9.17) is 11.6 Å². The molecule has 2 unspecified atom stereocenters. The zero-order valence-electron chi connectivity index (χ0n) is 10.5. The highest BCUT2D eigenvalue weighted by molar-refractivity contribution is 7.16. The van der Waals surface area contributed by atoms with Gasteiger partial charge in [0.05, 0.1) is 4.34 Å². The molecule has 1 nitrogen and oxygen atoms in total. The van der Waals surface area contributed by atoms with Crippen LogP contribution in [-0.4, -0.2) is 0 Å². The van der Waals surface area contributed by atoms with Gasteiger partial charge < -0.3 is 5.32 Å². The fourth-order valence-electron chi connectivity index (χ4n) is 2.57. The maximum Gasteiger partial charge on any atom is 0.0934 e. The summed E-state index contributed by atoms with van der Waals surface area (Å²) in [6.07, 6.45) is 2.37. The Hall–Kier alpha value is -0.350. The molecule has 4 heteroatoms. The molecule has 2 aromatic rings. The van der Waals surface area contributed by atoms with Crippen molar-refractivity contribution in [1.29, 1.82) is 0 Å². The lowest BCUT2D eigenvalue weighted by molar-refractivity contribution is 0.469. The average molecular weight is 298 g/mol. The Morgan fingerprint density at radius 3 is 2.94 bits per heavy atom. The molecule has 1 aliphatic carbocycles. The molecular formula is C14H16ClNS2. The van der Waals surface area contributed by atoms with Gasteiger partial charge in [-0.2, -0.15) is 0 Å². The molecule has 0 radical (unpaired) electrons. The van der Waals surface area contributed by atoms with Gasteiger partial charge in [0.25, 0.3) is 0 Å². The smallest absolute Gasteiger partial charge is 0.0934 e. The van der Waals surface area contributed by atoms with Crippen LogP contribution in [0.2, 0.25) is 4.34 Å². The van der Waals surface area contributed by atoms with Gasteiger partial charge in [-0.25, -0.2) is 0 Å². The van der Waals surface area contributed by atoms with E-state index in [1.165, 1.54) is 33.0 Å². The molecule has 18 heavy (non-hydrogen) atoms. The Bertz CT molecular complexity index is 558. The van der Waals surface area contributed by atoms with E-state index >= 15 is 0 Å². The number of rotatable bonds is 3. The summed E-state index contributed by atoms with van der Waals surface area (Å²) in [5, 5.41) is 3.74.